The van der Waals surface area contributed by atoms with Gasteiger partial charge in [-0.2, -0.15) is 0 Å². The number of Topliss-reactive ketones (excluding diaryl/α,β-unsaturated/α-hetero) is 1. The van der Waals surface area contributed by atoms with Crippen LogP contribution >= 0.6 is 0 Å². The molecule has 0 radical (unpaired) electrons. The summed E-state index contributed by atoms with van der Waals surface area (Å²) in [4.78, 5) is 27.0. The third kappa shape index (κ3) is 7.99. The number of benzene rings is 1. The second-order valence-electron chi connectivity index (χ2n) is 5.72. The highest BCUT2D eigenvalue weighted by molar-refractivity contribution is 5.90. The van der Waals surface area contributed by atoms with E-state index in [0.29, 0.717) is 19.4 Å². The molecule has 0 spiro atoms. The summed E-state index contributed by atoms with van der Waals surface area (Å²) in [7, 11) is 0. The summed E-state index contributed by atoms with van der Waals surface area (Å²) in [6.07, 6.45) is 2.65. The zero-order chi connectivity index (χ0) is 17.2. The number of hydrogen-bond donors (Lipinski definition) is 3. The predicted octanol–water partition coefficient (Wildman–Crippen LogP) is 1.84. The lowest BCUT2D eigenvalue weighted by atomic mass is 9.98. The van der Waals surface area contributed by atoms with E-state index in [-0.39, 0.29) is 23.6 Å². The van der Waals surface area contributed by atoms with E-state index >= 15 is 0 Å². The smallest absolute Gasteiger partial charge is 0.224 e. The Kier molecular flexibility index (Phi) is 7.80. The molecule has 6 heteroatoms. The number of carbonyl (C=O) groups excluding carboxylic acids is 2. The first-order chi connectivity index (χ1) is 10.9. The van der Waals surface area contributed by atoms with Crippen molar-refractivity contribution in [2.24, 2.45) is 22.4 Å². The van der Waals surface area contributed by atoms with Crippen LogP contribution in [0, 0.1) is 5.92 Å². The van der Waals surface area contributed by atoms with Crippen molar-refractivity contribution >= 4 is 23.3 Å². The summed E-state index contributed by atoms with van der Waals surface area (Å²) in [5.41, 5.74) is 12.3. The Morgan fingerprint density at radius 2 is 1.83 bits per heavy atom. The number of nitrogens with two attached hydrogens (primary N) is 2. The molecule has 0 unspecified atom stereocenters. The molecule has 0 fully saturated rings. The van der Waals surface area contributed by atoms with Crippen LogP contribution in [0.5, 0.6) is 0 Å². The van der Waals surface area contributed by atoms with Gasteiger partial charge < -0.3 is 16.8 Å². The van der Waals surface area contributed by atoms with Gasteiger partial charge in [0.2, 0.25) is 5.91 Å². The Labute approximate surface area is 137 Å². The summed E-state index contributed by atoms with van der Waals surface area (Å²) in [5, 5.41) is 2.85. The molecule has 1 amide bonds. The van der Waals surface area contributed by atoms with E-state index in [1.807, 2.05) is 31.2 Å². The maximum atomic E-state index is 11.8. The standard InChI is InChI=1S/C17H26N4O2/c1-12(13(2)22)11-14-6-8-15(9-7-14)21-16(23)5-3-4-10-20-17(18)19/h6-9,12H,3-5,10-11H2,1-2H3,(H,21,23)(H4,18,19,20)/t12-/m1/s1. The van der Waals surface area contributed by atoms with Crippen LogP contribution in [0.25, 0.3) is 0 Å². The molecule has 1 aromatic rings. The van der Waals surface area contributed by atoms with Crippen molar-refractivity contribution in [2.75, 3.05) is 11.9 Å². The lowest BCUT2D eigenvalue weighted by molar-refractivity contribution is -0.120. The highest BCUT2D eigenvalue weighted by Crippen LogP contribution is 2.14. The Balaban J connectivity index is 2.35. The number of amides is 1. The van der Waals surface area contributed by atoms with Crippen molar-refractivity contribution < 1.29 is 9.59 Å². The molecule has 0 saturated heterocycles. The Bertz CT molecular complexity index is 548. The third-order valence-electron chi connectivity index (χ3n) is 3.58. The van der Waals surface area contributed by atoms with Gasteiger partial charge in [0.05, 0.1) is 0 Å². The summed E-state index contributed by atoms with van der Waals surface area (Å²) in [5.74, 6) is 0.247. The number of nitrogens with one attached hydrogen (secondary N) is 1. The second-order valence-corrected chi connectivity index (χ2v) is 5.72. The van der Waals surface area contributed by atoms with Crippen LogP contribution in [0.3, 0.4) is 0 Å². The van der Waals surface area contributed by atoms with Crippen LogP contribution in [0.1, 0.15) is 38.7 Å². The molecule has 0 saturated carbocycles. The van der Waals surface area contributed by atoms with Gasteiger partial charge in [-0.05, 0) is 43.9 Å². The van der Waals surface area contributed by atoms with Crippen molar-refractivity contribution in [1.29, 1.82) is 0 Å². The topological polar surface area (TPSA) is 111 Å². The van der Waals surface area contributed by atoms with Crippen LogP contribution in [0.15, 0.2) is 29.3 Å². The van der Waals surface area contributed by atoms with E-state index in [4.69, 9.17) is 11.5 Å². The fraction of sp³-hybridized carbons (Fsp3) is 0.471. The Morgan fingerprint density at radius 3 is 2.39 bits per heavy atom. The number of hydrogen-bond acceptors (Lipinski definition) is 3. The first kappa shape index (κ1) is 18.7. The SMILES string of the molecule is CC(=O)[C@H](C)Cc1ccc(NC(=O)CCCCN=C(N)N)cc1. The molecule has 1 atom stereocenters. The summed E-state index contributed by atoms with van der Waals surface area (Å²) >= 11 is 0. The van der Waals surface area contributed by atoms with E-state index in [2.05, 4.69) is 10.3 Å². The fourth-order valence-corrected chi connectivity index (χ4v) is 2.05. The number of anilines is 1. The van der Waals surface area contributed by atoms with Gasteiger partial charge in [0.15, 0.2) is 5.96 Å². The molecule has 126 valence electrons. The number of carbonyl (C=O) groups is 2. The number of guanidine groups is 1. The number of ketones is 1. The number of nitrogens with zero attached hydrogens (tertiary/aromatic N) is 1. The first-order valence-electron chi connectivity index (χ1n) is 7.83. The van der Waals surface area contributed by atoms with Gasteiger partial charge in [0.25, 0.3) is 0 Å². The van der Waals surface area contributed by atoms with Crippen molar-refractivity contribution in [1.82, 2.24) is 0 Å². The lowest BCUT2D eigenvalue weighted by Gasteiger charge is -2.09. The molecule has 0 aliphatic heterocycles. The molecule has 1 rings (SSSR count). The van der Waals surface area contributed by atoms with E-state index in [1.165, 1.54) is 0 Å². The molecule has 1 aromatic carbocycles. The van der Waals surface area contributed by atoms with Gasteiger partial charge in [-0.25, -0.2) is 0 Å². The molecule has 6 nitrogen and oxygen atoms in total. The number of unbranched alkanes of at least 4 members (excludes halogenated alkanes) is 1. The summed E-state index contributed by atoms with van der Waals surface area (Å²) < 4.78 is 0. The summed E-state index contributed by atoms with van der Waals surface area (Å²) in [6, 6.07) is 7.60. The predicted molar refractivity (Wildman–Crippen MR) is 93.1 cm³/mol. The minimum absolute atomic E-state index is 0.0145. The van der Waals surface area contributed by atoms with E-state index in [0.717, 1.165) is 24.1 Å². The number of aliphatic imine (C=N–C) groups is 1. The van der Waals surface area contributed by atoms with Crippen LogP contribution in [-0.2, 0) is 16.0 Å². The average molecular weight is 318 g/mol. The van der Waals surface area contributed by atoms with Gasteiger partial charge in [-0.3, -0.25) is 14.6 Å². The normalized spacial score (nSPS) is 11.6. The van der Waals surface area contributed by atoms with Gasteiger partial charge in [-0.1, -0.05) is 19.1 Å². The van der Waals surface area contributed by atoms with E-state index in [1.54, 1.807) is 6.92 Å². The second kappa shape index (κ2) is 9.61. The van der Waals surface area contributed by atoms with Crippen molar-refractivity contribution in [3.05, 3.63) is 29.8 Å². The molecule has 0 aliphatic carbocycles. The van der Waals surface area contributed by atoms with Crippen LogP contribution in [0.4, 0.5) is 5.69 Å². The Hall–Kier alpha value is -2.37. The van der Waals surface area contributed by atoms with Crippen molar-refractivity contribution in [2.45, 2.75) is 39.5 Å². The molecule has 5 N–H and O–H groups in total. The van der Waals surface area contributed by atoms with Crippen molar-refractivity contribution in [3.8, 4) is 0 Å². The zero-order valence-corrected chi connectivity index (χ0v) is 13.8. The molecular weight excluding hydrogens is 292 g/mol. The monoisotopic (exact) mass is 318 g/mol. The molecule has 0 aromatic heterocycles. The molecular formula is C17H26N4O2. The fourth-order valence-electron chi connectivity index (χ4n) is 2.05. The summed E-state index contributed by atoms with van der Waals surface area (Å²) in [6.45, 7) is 4.06. The zero-order valence-electron chi connectivity index (χ0n) is 13.8. The number of rotatable bonds is 9. The lowest BCUT2D eigenvalue weighted by Crippen LogP contribution is -2.23. The minimum Gasteiger partial charge on any atom is -0.370 e. The molecule has 0 aliphatic rings. The van der Waals surface area contributed by atoms with Crippen LogP contribution in [0.2, 0.25) is 0 Å². The van der Waals surface area contributed by atoms with Gasteiger partial charge in [-0.15, -0.1) is 0 Å². The molecule has 23 heavy (non-hydrogen) atoms. The van der Waals surface area contributed by atoms with Gasteiger partial charge in [0, 0.05) is 24.6 Å². The maximum Gasteiger partial charge on any atom is 0.224 e. The van der Waals surface area contributed by atoms with Crippen molar-refractivity contribution in [3.63, 3.8) is 0 Å². The average Bonchev–Trinajstić information content (AvgIpc) is 2.48. The first-order valence-corrected chi connectivity index (χ1v) is 7.83. The minimum atomic E-state index is -0.0282. The Morgan fingerprint density at radius 1 is 1.17 bits per heavy atom. The quantitative estimate of drug-likeness (QED) is 0.366. The molecule has 0 heterocycles. The highest BCUT2D eigenvalue weighted by Gasteiger charge is 2.08. The van der Waals surface area contributed by atoms with Crippen LogP contribution < -0.4 is 16.8 Å². The maximum absolute atomic E-state index is 11.8. The van der Waals surface area contributed by atoms with Crippen LogP contribution in [-0.4, -0.2) is 24.2 Å². The van der Waals surface area contributed by atoms with E-state index in [9.17, 15) is 9.59 Å². The highest BCUT2D eigenvalue weighted by atomic mass is 16.1. The van der Waals surface area contributed by atoms with E-state index < -0.39 is 0 Å². The molecule has 0 bridgehead atoms. The largest absolute Gasteiger partial charge is 0.370 e. The van der Waals surface area contributed by atoms with Gasteiger partial charge in [0.1, 0.15) is 5.78 Å². The third-order valence-corrected chi connectivity index (χ3v) is 3.58. The van der Waals surface area contributed by atoms with Gasteiger partial charge >= 0.3 is 0 Å².